The van der Waals surface area contributed by atoms with E-state index < -0.39 is 0 Å². The number of hydrogen-bond acceptors (Lipinski definition) is 1. The first kappa shape index (κ1) is 13.1. The Morgan fingerprint density at radius 1 is 1.06 bits per heavy atom. The van der Waals surface area contributed by atoms with E-state index >= 15 is 0 Å². The topological polar surface area (TPSA) is 9.23 Å². The van der Waals surface area contributed by atoms with Gasteiger partial charge in [0, 0.05) is 5.33 Å². The molecule has 2 rings (SSSR count). The van der Waals surface area contributed by atoms with Gasteiger partial charge in [-0.15, -0.1) is 0 Å². The van der Waals surface area contributed by atoms with Crippen LogP contribution in [-0.2, 0) is 5.33 Å². The lowest BCUT2D eigenvalue weighted by Gasteiger charge is -2.10. The molecule has 0 fully saturated rings. The summed E-state index contributed by atoms with van der Waals surface area (Å²) in [5.74, 6) is 1.24. The third kappa shape index (κ3) is 2.91. The molecule has 0 radical (unpaired) electrons. The molecule has 0 heterocycles. The summed E-state index contributed by atoms with van der Waals surface area (Å²) in [5, 5.41) is 0.823. The highest BCUT2D eigenvalue weighted by atomic mass is 79.9. The molecule has 0 bridgehead atoms. The third-order valence-electron chi connectivity index (χ3n) is 2.75. The Labute approximate surface area is 115 Å². The van der Waals surface area contributed by atoms with E-state index in [1.807, 2.05) is 19.1 Å². The first-order chi connectivity index (χ1) is 8.60. The van der Waals surface area contributed by atoms with Crippen molar-refractivity contribution in [1.29, 1.82) is 0 Å². The van der Waals surface area contributed by atoms with Crippen molar-refractivity contribution in [3.05, 3.63) is 58.9 Å². The van der Waals surface area contributed by atoms with Crippen LogP contribution in [0.4, 0.5) is 4.39 Å². The Bertz CT molecular complexity index is 566. The highest BCUT2D eigenvalue weighted by molar-refractivity contribution is 9.08. The van der Waals surface area contributed by atoms with Crippen molar-refractivity contribution in [3.63, 3.8) is 0 Å². The second kappa shape index (κ2) is 5.53. The highest BCUT2D eigenvalue weighted by Crippen LogP contribution is 2.27. The molecule has 0 aliphatic heterocycles. The largest absolute Gasteiger partial charge is 0.457 e. The Morgan fingerprint density at radius 3 is 2.44 bits per heavy atom. The van der Waals surface area contributed by atoms with Crippen molar-refractivity contribution in [3.8, 4) is 11.5 Å². The zero-order valence-electron chi connectivity index (χ0n) is 10.3. The van der Waals surface area contributed by atoms with E-state index in [-0.39, 0.29) is 5.82 Å². The molecule has 0 saturated carbocycles. The van der Waals surface area contributed by atoms with Crippen LogP contribution in [0.5, 0.6) is 11.5 Å². The maximum Gasteiger partial charge on any atom is 0.130 e. The Kier molecular flexibility index (Phi) is 4.02. The molecule has 0 atom stereocenters. The molecule has 0 unspecified atom stereocenters. The molecule has 0 aromatic heterocycles. The molecular formula is C15H14BrFO. The van der Waals surface area contributed by atoms with Gasteiger partial charge in [-0.3, -0.25) is 0 Å². The summed E-state index contributed by atoms with van der Waals surface area (Å²) in [4.78, 5) is 0. The van der Waals surface area contributed by atoms with Gasteiger partial charge in [0.25, 0.3) is 0 Å². The summed E-state index contributed by atoms with van der Waals surface area (Å²) in [5.41, 5.74) is 2.85. The van der Waals surface area contributed by atoms with E-state index in [0.717, 1.165) is 16.6 Å². The van der Waals surface area contributed by atoms with Crippen LogP contribution < -0.4 is 4.74 Å². The zero-order valence-corrected chi connectivity index (χ0v) is 11.9. The Morgan fingerprint density at radius 2 is 1.83 bits per heavy atom. The van der Waals surface area contributed by atoms with Crippen LogP contribution in [0.25, 0.3) is 0 Å². The van der Waals surface area contributed by atoms with Crippen molar-refractivity contribution in [2.24, 2.45) is 0 Å². The molecule has 3 heteroatoms. The molecule has 0 N–H and O–H groups in total. The maximum atomic E-state index is 13.2. The summed E-state index contributed by atoms with van der Waals surface area (Å²) >= 11 is 3.42. The first-order valence-corrected chi connectivity index (χ1v) is 6.82. The van der Waals surface area contributed by atoms with Gasteiger partial charge in [0.1, 0.15) is 17.3 Å². The normalized spacial score (nSPS) is 10.4. The van der Waals surface area contributed by atoms with Gasteiger partial charge in [0.05, 0.1) is 0 Å². The van der Waals surface area contributed by atoms with Crippen LogP contribution >= 0.6 is 15.9 Å². The van der Waals surface area contributed by atoms with E-state index in [1.165, 1.54) is 11.6 Å². The molecule has 0 saturated heterocycles. The smallest absolute Gasteiger partial charge is 0.130 e. The third-order valence-corrected chi connectivity index (χ3v) is 3.40. The molecule has 0 amide bonds. The van der Waals surface area contributed by atoms with E-state index in [9.17, 15) is 4.39 Å². The van der Waals surface area contributed by atoms with Gasteiger partial charge in [0.15, 0.2) is 0 Å². The predicted molar refractivity (Wildman–Crippen MR) is 75.0 cm³/mol. The second-order valence-electron chi connectivity index (χ2n) is 4.25. The molecular weight excluding hydrogens is 295 g/mol. The SMILES string of the molecule is Cc1cc(Oc2ccc(CBr)cc2C)ccc1F. The number of alkyl halides is 1. The van der Waals surface area contributed by atoms with Crippen LogP contribution in [0.15, 0.2) is 36.4 Å². The lowest BCUT2D eigenvalue weighted by Crippen LogP contribution is -1.90. The summed E-state index contributed by atoms with van der Waals surface area (Å²) in [7, 11) is 0. The Hall–Kier alpha value is -1.35. The fourth-order valence-electron chi connectivity index (χ4n) is 1.72. The summed E-state index contributed by atoms with van der Waals surface area (Å²) in [6.45, 7) is 3.72. The van der Waals surface area contributed by atoms with E-state index in [0.29, 0.717) is 11.3 Å². The minimum atomic E-state index is -0.214. The number of aryl methyl sites for hydroxylation is 2. The van der Waals surface area contributed by atoms with Crippen molar-refractivity contribution < 1.29 is 9.13 Å². The van der Waals surface area contributed by atoms with E-state index in [2.05, 4.69) is 22.0 Å². The van der Waals surface area contributed by atoms with Crippen molar-refractivity contribution in [2.75, 3.05) is 0 Å². The number of rotatable bonds is 3. The van der Waals surface area contributed by atoms with Gasteiger partial charge in [-0.2, -0.15) is 0 Å². The standard InChI is InChI=1S/C15H14BrFO/c1-10-8-13(4-5-14(10)17)18-15-6-3-12(9-16)7-11(15)2/h3-8H,9H2,1-2H3. The van der Waals surface area contributed by atoms with Gasteiger partial charge < -0.3 is 4.74 Å². The fourth-order valence-corrected chi connectivity index (χ4v) is 2.07. The molecule has 0 aliphatic carbocycles. The molecule has 0 spiro atoms. The van der Waals surface area contributed by atoms with Crippen LogP contribution in [0, 0.1) is 19.7 Å². The van der Waals surface area contributed by atoms with Crippen LogP contribution in [0.3, 0.4) is 0 Å². The first-order valence-electron chi connectivity index (χ1n) is 5.69. The molecule has 1 nitrogen and oxygen atoms in total. The average molecular weight is 309 g/mol. The molecule has 2 aromatic rings. The number of ether oxygens (including phenoxy) is 1. The minimum absolute atomic E-state index is 0.214. The van der Waals surface area contributed by atoms with E-state index in [4.69, 9.17) is 4.74 Å². The van der Waals surface area contributed by atoms with Crippen LogP contribution in [-0.4, -0.2) is 0 Å². The highest BCUT2D eigenvalue weighted by Gasteiger charge is 2.04. The van der Waals surface area contributed by atoms with Gasteiger partial charge in [0.2, 0.25) is 0 Å². The molecule has 18 heavy (non-hydrogen) atoms. The fraction of sp³-hybridized carbons (Fsp3) is 0.200. The van der Waals surface area contributed by atoms with Crippen molar-refractivity contribution >= 4 is 15.9 Å². The maximum absolute atomic E-state index is 13.2. The van der Waals surface area contributed by atoms with Gasteiger partial charge in [-0.25, -0.2) is 4.39 Å². The molecule has 94 valence electrons. The zero-order chi connectivity index (χ0) is 13.1. The monoisotopic (exact) mass is 308 g/mol. The predicted octanol–water partition coefficient (Wildman–Crippen LogP) is 5.13. The lowest BCUT2D eigenvalue weighted by atomic mass is 10.1. The van der Waals surface area contributed by atoms with Crippen LogP contribution in [0.1, 0.15) is 16.7 Å². The minimum Gasteiger partial charge on any atom is -0.457 e. The van der Waals surface area contributed by atoms with Crippen molar-refractivity contribution in [1.82, 2.24) is 0 Å². The van der Waals surface area contributed by atoms with Gasteiger partial charge >= 0.3 is 0 Å². The Balaban J connectivity index is 2.25. The van der Waals surface area contributed by atoms with Gasteiger partial charge in [-0.05, 0) is 54.8 Å². The van der Waals surface area contributed by atoms with E-state index in [1.54, 1.807) is 19.1 Å². The lowest BCUT2D eigenvalue weighted by molar-refractivity contribution is 0.476. The summed E-state index contributed by atoms with van der Waals surface area (Å²) in [6, 6.07) is 10.8. The summed E-state index contributed by atoms with van der Waals surface area (Å²) in [6.07, 6.45) is 0. The van der Waals surface area contributed by atoms with Crippen LogP contribution in [0.2, 0.25) is 0 Å². The van der Waals surface area contributed by atoms with Crippen molar-refractivity contribution in [2.45, 2.75) is 19.2 Å². The average Bonchev–Trinajstić information content (AvgIpc) is 2.36. The number of benzene rings is 2. The van der Waals surface area contributed by atoms with Gasteiger partial charge in [-0.1, -0.05) is 28.1 Å². The second-order valence-corrected chi connectivity index (χ2v) is 4.81. The summed E-state index contributed by atoms with van der Waals surface area (Å²) < 4.78 is 18.9. The molecule has 0 aliphatic rings. The quantitative estimate of drug-likeness (QED) is 0.714. The number of halogens is 2. The molecule has 2 aromatic carbocycles. The number of hydrogen-bond donors (Lipinski definition) is 0.